The molecule has 0 bridgehead atoms. The summed E-state index contributed by atoms with van der Waals surface area (Å²) < 4.78 is 0. The molecular formula is C22H27N3O2. The van der Waals surface area contributed by atoms with Crippen molar-refractivity contribution in [1.29, 1.82) is 0 Å². The van der Waals surface area contributed by atoms with Gasteiger partial charge in [-0.25, -0.2) is 0 Å². The minimum absolute atomic E-state index is 0.0298. The van der Waals surface area contributed by atoms with E-state index in [0.29, 0.717) is 17.7 Å². The highest BCUT2D eigenvalue weighted by Gasteiger charge is 2.18. The topological polar surface area (TPSA) is 53.5 Å². The Hall–Kier alpha value is -2.69. The van der Waals surface area contributed by atoms with Gasteiger partial charge in [-0.2, -0.15) is 0 Å². The molecule has 3 rings (SSSR count). The highest BCUT2D eigenvalue weighted by molar-refractivity contribution is 5.97. The molecule has 5 nitrogen and oxygen atoms in total. The molecule has 0 atom stereocenters. The molecule has 0 radical (unpaired) electrons. The lowest BCUT2D eigenvalue weighted by atomic mass is 10.1. The second-order valence-corrected chi connectivity index (χ2v) is 7.12. The third-order valence-electron chi connectivity index (χ3n) is 5.10. The Balaban J connectivity index is 1.58. The number of pyridine rings is 1. The molecule has 0 N–H and O–H groups in total. The minimum atomic E-state index is -0.0298. The highest BCUT2D eigenvalue weighted by atomic mass is 16.2. The number of hydrogen-bond donors (Lipinski definition) is 0. The van der Waals surface area contributed by atoms with Crippen molar-refractivity contribution >= 4 is 11.8 Å². The molecule has 142 valence electrons. The normalized spacial score (nSPS) is 14.5. The van der Waals surface area contributed by atoms with E-state index in [4.69, 9.17) is 0 Å². The van der Waals surface area contributed by atoms with Crippen molar-refractivity contribution in [2.45, 2.75) is 32.1 Å². The number of rotatable bonds is 5. The Kier molecular flexibility index (Phi) is 6.58. The van der Waals surface area contributed by atoms with Crippen LogP contribution in [0.25, 0.3) is 0 Å². The van der Waals surface area contributed by atoms with Gasteiger partial charge in [-0.3, -0.25) is 14.6 Å². The number of carbonyl (C=O) groups excluding carboxylic acids is 2. The first-order valence-corrected chi connectivity index (χ1v) is 9.69. The Bertz CT molecular complexity index is 751. The van der Waals surface area contributed by atoms with Crippen LogP contribution in [0.2, 0.25) is 0 Å². The van der Waals surface area contributed by atoms with Crippen LogP contribution in [0.15, 0.2) is 48.8 Å². The molecular weight excluding hydrogens is 338 g/mol. The molecule has 2 amide bonds. The number of likely N-dealkylation sites (tertiary alicyclic amines) is 1. The summed E-state index contributed by atoms with van der Waals surface area (Å²) >= 11 is 0. The van der Waals surface area contributed by atoms with Gasteiger partial charge in [-0.05, 0) is 61.2 Å². The molecule has 0 unspecified atom stereocenters. The first-order valence-electron chi connectivity index (χ1n) is 9.69. The summed E-state index contributed by atoms with van der Waals surface area (Å²) in [6.45, 7) is 2.30. The number of likely N-dealkylation sites (N-methyl/N-ethyl adjacent to an activating group) is 1. The number of benzene rings is 1. The van der Waals surface area contributed by atoms with Crippen molar-refractivity contribution in [3.8, 4) is 0 Å². The average molecular weight is 365 g/mol. The first kappa shape index (κ1) is 19.1. The standard InChI is InChI=1S/C22H27N3O2/c1-24(17-12-18-10-13-23-14-11-18)21(26)19-6-8-20(9-7-19)22(27)25-15-4-2-3-5-16-25/h6-11,13-14H,2-5,12,15-17H2,1H3. The van der Waals surface area contributed by atoms with Gasteiger partial charge in [0.25, 0.3) is 11.8 Å². The largest absolute Gasteiger partial charge is 0.341 e. The third-order valence-corrected chi connectivity index (χ3v) is 5.10. The van der Waals surface area contributed by atoms with Gasteiger partial charge in [0.05, 0.1) is 0 Å². The Labute approximate surface area is 161 Å². The summed E-state index contributed by atoms with van der Waals surface area (Å²) in [5.74, 6) is 0.0415. The van der Waals surface area contributed by atoms with E-state index in [9.17, 15) is 9.59 Å². The zero-order chi connectivity index (χ0) is 19.1. The quantitative estimate of drug-likeness (QED) is 0.816. The molecule has 1 aromatic heterocycles. The summed E-state index contributed by atoms with van der Waals surface area (Å²) in [7, 11) is 1.81. The molecule has 1 aromatic carbocycles. The predicted molar refractivity (Wildman–Crippen MR) is 106 cm³/mol. The highest BCUT2D eigenvalue weighted by Crippen LogP contribution is 2.15. The van der Waals surface area contributed by atoms with E-state index in [0.717, 1.165) is 37.9 Å². The van der Waals surface area contributed by atoms with E-state index < -0.39 is 0 Å². The van der Waals surface area contributed by atoms with Crippen LogP contribution >= 0.6 is 0 Å². The van der Waals surface area contributed by atoms with Gasteiger partial charge in [-0.15, -0.1) is 0 Å². The Morgan fingerprint density at radius 3 is 2.15 bits per heavy atom. The van der Waals surface area contributed by atoms with Crippen molar-refractivity contribution in [2.75, 3.05) is 26.7 Å². The fraction of sp³-hybridized carbons (Fsp3) is 0.409. The van der Waals surface area contributed by atoms with Crippen molar-refractivity contribution < 1.29 is 9.59 Å². The van der Waals surface area contributed by atoms with Crippen LogP contribution in [0.3, 0.4) is 0 Å². The lowest BCUT2D eigenvalue weighted by Crippen LogP contribution is -2.32. The first-order chi connectivity index (χ1) is 13.1. The van der Waals surface area contributed by atoms with Gasteiger partial charge in [0, 0.05) is 50.2 Å². The lowest BCUT2D eigenvalue weighted by molar-refractivity contribution is 0.0758. The number of carbonyl (C=O) groups is 2. The molecule has 5 heteroatoms. The smallest absolute Gasteiger partial charge is 0.253 e. The lowest BCUT2D eigenvalue weighted by Gasteiger charge is -2.21. The summed E-state index contributed by atoms with van der Waals surface area (Å²) in [5, 5.41) is 0. The predicted octanol–water partition coefficient (Wildman–Crippen LogP) is 3.41. The van der Waals surface area contributed by atoms with Crippen LogP contribution in [-0.2, 0) is 6.42 Å². The second kappa shape index (κ2) is 9.31. The van der Waals surface area contributed by atoms with E-state index in [2.05, 4.69) is 4.98 Å². The Morgan fingerprint density at radius 1 is 0.926 bits per heavy atom. The van der Waals surface area contributed by atoms with E-state index in [1.54, 1.807) is 48.6 Å². The zero-order valence-corrected chi connectivity index (χ0v) is 15.9. The number of nitrogens with zero attached hydrogens (tertiary/aromatic N) is 3. The summed E-state index contributed by atoms with van der Waals surface area (Å²) in [5.41, 5.74) is 2.43. The number of aromatic nitrogens is 1. The molecule has 1 saturated heterocycles. The zero-order valence-electron chi connectivity index (χ0n) is 15.9. The number of hydrogen-bond acceptors (Lipinski definition) is 3. The van der Waals surface area contributed by atoms with Crippen molar-refractivity contribution in [1.82, 2.24) is 14.8 Å². The van der Waals surface area contributed by atoms with Gasteiger partial charge in [0.15, 0.2) is 0 Å². The average Bonchev–Trinajstić information content (AvgIpc) is 3.01. The SMILES string of the molecule is CN(CCc1ccncc1)C(=O)c1ccc(C(=O)N2CCCCCC2)cc1. The maximum atomic E-state index is 12.7. The summed E-state index contributed by atoms with van der Waals surface area (Å²) in [4.78, 5) is 32.9. The fourth-order valence-corrected chi connectivity index (χ4v) is 3.38. The van der Waals surface area contributed by atoms with E-state index in [1.807, 2.05) is 17.0 Å². The monoisotopic (exact) mass is 365 g/mol. The fourth-order valence-electron chi connectivity index (χ4n) is 3.38. The van der Waals surface area contributed by atoms with Crippen LogP contribution in [0.4, 0.5) is 0 Å². The van der Waals surface area contributed by atoms with Gasteiger partial charge in [-0.1, -0.05) is 12.8 Å². The molecule has 2 heterocycles. The van der Waals surface area contributed by atoms with Crippen LogP contribution in [0.5, 0.6) is 0 Å². The molecule has 0 aliphatic carbocycles. The van der Waals surface area contributed by atoms with E-state index in [-0.39, 0.29) is 11.8 Å². The van der Waals surface area contributed by atoms with E-state index in [1.165, 1.54) is 12.8 Å². The minimum Gasteiger partial charge on any atom is -0.341 e. The molecule has 1 aliphatic heterocycles. The number of amides is 2. The third kappa shape index (κ3) is 5.16. The summed E-state index contributed by atoms with van der Waals surface area (Å²) in [6.07, 6.45) is 8.85. The van der Waals surface area contributed by atoms with Crippen molar-refractivity contribution in [3.63, 3.8) is 0 Å². The maximum Gasteiger partial charge on any atom is 0.253 e. The molecule has 0 spiro atoms. The van der Waals surface area contributed by atoms with Gasteiger partial charge < -0.3 is 9.80 Å². The molecule has 1 fully saturated rings. The second-order valence-electron chi connectivity index (χ2n) is 7.12. The Morgan fingerprint density at radius 2 is 1.52 bits per heavy atom. The van der Waals surface area contributed by atoms with E-state index >= 15 is 0 Å². The summed E-state index contributed by atoms with van der Waals surface area (Å²) in [6, 6.07) is 11.0. The molecule has 2 aromatic rings. The molecule has 27 heavy (non-hydrogen) atoms. The molecule has 0 saturated carbocycles. The van der Waals surface area contributed by atoms with Gasteiger partial charge >= 0.3 is 0 Å². The van der Waals surface area contributed by atoms with Crippen molar-refractivity contribution in [3.05, 3.63) is 65.5 Å². The van der Waals surface area contributed by atoms with Crippen molar-refractivity contribution in [2.24, 2.45) is 0 Å². The van der Waals surface area contributed by atoms with Crippen LogP contribution in [-0.4, -0.2) is 53.3 Å². The maximum absolute atomic E-state index is 12.7. The van der Waals surface area contributed by atoms with Crippen LogP contribution in [0.1, 0.15) is 52.0 Å². The van der Waals surface area contributed by atoms with Gasteiger partial charge in [0.1, 0.15) is 0 Å². The molecule has 1 aliphatic rings. The van der Waals surface area contributed by atoms with Gasteiger partial charge in [0.2, 0.25) is 0 Å². The van der Waals surface area contributed by atoms with Crippen LogP contribution in [0, 0.1) is 0 Å². The van der Waals surface area contributed by atoms with Crippen LogP contribution < -0.4 is 0 Å².